The predicted octanol–water partition coefficient (Wildman–Crippen LogP) is 3.28. The normalized spacial score (nSPS) is 30.3. The SMILES string of the molecule is C[C@@H]1C[C@H](C)CN(C(=O)[C@@H]2CCCN(S(=O)(=O)c3ccc4c(c3)C[C@H](C)N4C(=O)C3CC3)C2)C1. The second kappa shape index (κ2) is 8.94. The van der Waals surface area contributed by atoms with Gasteiger partial charge in [0.1, 0.15) is 0 Å². The number of piperidine rings is 2. The largest absolute Gasteiger partial charge is 0.342 e. The molecule has 4 aliphatic rings. The molecule has 3 fully saturated rings. The van der Waals surface area contributed by atoms with Crippen LogP contribution in [0.4, 0.5) is 5.69 Å². The zero-order valence-electron chi connectivity index (χ0n) is 20.6. The van der Waals surface area contributed by atoms with E-state index in [0.717, 1.165) is 50.0 Å². The number of nitrogens with zero attached hydrogens (tertiary/aromatic N) is 3. The molecule has 8 heteroatoms. The highest BCUT2D eigenvalue weighted by Crippen LogP contribution is 2.40. The van der Waals surface area contributed by atoms with Crippen LogP contribution in [0.3, 0.4) is 0 Å². The van der Waals surface area contributed by atoms with Gasteiger partial charge in [-0.1, -0.05) is 13.8 Å². The molecule has 1 aromatic rings. The van der Waals surface area contributed by atoms with E-state index >= 15 is 0 Å². The zero-order chi connectivity index (χ0) is 24.2. The van der Waals surface area contributed by atoms with E-state index in [-0.39, 0.29) is 41.1 Å². The molecule has 0 bridgehead atoms. The van der Waals surface area contributed by atoms with Crippen molar-refractivity contribution in [3.05, 3.63) is 23.8 Å². The molecule has 3 heterocycles. The van der Waals surface area contributed by atoms with Crippen molar-refractivity contribution < 1.29 is 18.0 Å². The highest BCUT2D eigenvalue weighted by Gasteiger charge is 2.41. The van der Waals surface area contributed by atoms with Crippen molar-refractivity contribution in [1.82, 2.24) is 9.21 Å². The van der Waals surface area contributed by atoms with Crippen LogP contribution in [0.5, 0.6) is 0 Å². The second-order valence-corrected chi connectivity index (χ2v) is 13.2. The summed E-state index contributed by atoms with van der Waals surface area (Å²) in [7, 11) is -3.70. The number of carbonyl (C=O) groups excluding carboxylic acids is 2. The first-order valence-corrected chi connectivity index (χ1v) is 14.3. The summed E-state index contributed by atoms with van der Waals surface area (Å²) in [5, 5.41) is 0. The Hall–Kier alpha value is -1.93. The van der Waals surface area contributed by atoms with Crippen molar-refractivity contribution >= 4 is 27.5 Å². The minimum Gasteiger partial charge on any atom is -0.342 e. The smallest absolute Gasteiger partial charge is 0.243 e. The molecular formula is C26H37N3O4S. The molecule has 1 saturated carbocycles. The van der Waals surface area contributed by atoms with Gasteiger partial charge in [0.15, 0.2) is 0 Å². The maximum absolute atomic E-state index is 13.6. The highest BCUT2D eigenvalue weighted by atomic mass is 32.2. The first kappa shape index (κ1) is 23.8. The van der Waals surface area contributed by atoms with Crippen molar-refractivity contribution in [2.45, 2.75) is 70.2 Å². The molecule has 0 aromatic heterocycles. The van der Waals surface area contributed by atoms with Crippen LogP contribution in [-0.4, -0.2) is 61.7 Å². The summed E-state index contributed by atoms with van der Waals surface area (Å²) in [6, 6.07) is 5.24. The van der Waals surface area contributed by atoms with Gasteiger partial charge in [-0.25, -0.2) is 8.42 Å². The minimum atomic E-state index is -3.70. The molecule has 0 unspecified atom stereocenters. The molecule has 34 heavy (non-hydrogen) atoms. The van der Waals surface area contributed by atoms with Crippen molar-refractivity contribution in [3.8, 4) is 0 Å². The van der Waals surface area contributed by atoms with E-state index in [0.29, 0.717) is 31.2 Å². The fraction of sp³-hybridized carbons (Fsp3) is 0.692. The molecule has 5 rings (SSSR count). The molecule has 1 aromatic carbocycles. The monoisotopic (exact) mass is 487 g/mol. The lowest BCUT2D eigenvalue weighted by atomic mass is 9.90. The van der Waals surface area contributed by atoms with Gasteiger partial charge in [-0.2, -0.15) is 4.31 Å². The highest BCUT2D eigenvalue weighted by molar-refractivity contribution is 7.89. The van der Waals surface area contributed by atoms with E-state index in [2.05, 4.69) is 13.8 Å². The van der Waals surface area contributed by atoms with Crippen LogP contribution < -0.4 is 4.90 Å². The number of benzene rings is 1. The Morgan fingerprint density at radius 3 is 2.29 bits per heavy atom. The molecule has 4 atom stereocenters. The van der Waals surface area contributed by atoms with Crippen molar-refractivity contribution in [3.63, 3.8) is 0 Å². The number of hydrogen-bond donors (Lipinski definition) is 0. The maximum Gasteiger partial charge on any atom is 0.243 e. The fourth-order valence-electron chi connectivity index (χ4n) is 6.24. The van der Waals surface area contributed by atoms with Gasteiger partial charge >= 0.3 is 0 Å². The van der Waals surface area contributed by atoms with E-state index in [1.807, 2.05) is 16.7 Å². The molecule has 0 spiro atoms. The lowest BCUT2D eigenvalue weighted by Crippen LogP contribution is -2.50. The van der Waals surface area contributed by atoms with Gasteiger partial charge in [-0.05, 0) is 81.0 Å². The van der Waals surface area contributed by atoms with Crippen LogP contribution in [0.2, 0.25) is 0 Å². The molecule has 2 amide bonds. The third kappa shape index (κ3) is 4.39. The average molecular weight is 488 g/mol. The van der Waals surface area contributed by atoms with Gasteiger partial charge < -0.3 is 9.80 Å². The van der Waals surface area contributed by atoms with Gasteiger partial charge in [0.2, 0.25) is 21.8 Å². The Balaban J connectivity index is 1.32. The summed E-state index contributed by atoms with van der Waals surface area (Å²) >= 11 is 0. The number of rotatable bonds is 4. The number of carbonyl (C=O) groups is 2. The molecule has 7 nitrogen and oxygen atoms in total. The third-order valence-corrected chi connectivity index (χ3v) is 9.84. The van der Waals surface area contributed by atoms with Gasteiger partial charge in [-0.15, -0.1) is 0 Å². The van der Waals surface area contributed by atoms with E-state index in [1.54, 1.807) is 18.2 Å². The van der Waals surface area contributed by atoms with Crippen LogP contribution >= 0.6 is 0 Å². The first-order chi connectivity index (χ1) is 16.1. The van der Waals surface area contributed by atoms with Crippen LogP contribution in [0.1, 0.15) is 58.4 Å². The standard InChI is InChI=1S/C26H37N3O4S/c1-17-11-18(2)15-27(14-17)25(30)21-5-4-10-28(16-21)34(32,33)23-8-9-24-22(13-23)12-19(3)29(24)26(31)20-6-7-20/h8-9,13,17-21H,4-7,10-12,14-16H2,1-3H3/t17-,18+,19-,21+/m0/s1. The van der Waals surface area contributed by atoms with E-state index in [1.165, 1.54) is 4.31 Å². The zero-order valence-corrected chi connectivity index (χ0v) is 21.4. The van der Waals surface area contributed by atoms with Crippen LogP contribution in [0.25, 0.3) is 0 Å². The number of likely N-dealkylation sites (tertiary alicyclic amines) is 1. The third-order valence-electron chi connectivity index (χ3n) is 7.98. The van der Waals surface area contributed by atoms with Crippen molar-refractivity contribution in [2.75, 3.05) is 31.1 Å². The number of fused-ring (bicyclic) bond motifs is 1. The Morgan fingerprint density at radius 2 is 1.62 bits per heavy atom. The van der Waals surface area contributed by atoms with E-state index < -0.39 is 10.0 Å². The van der Waals surface area contributed by atoms with Crippen molar-refractivity contribution in [2.24, 2.45) is 23.7 Å². The van der Waals surface area contributed by atoms with Gasteiger partial charge in [0, 0.05) is 43.8 Å². The van der Waals surface area contributed by atoms with E-state index in [9.17, 15) is 18.0 Å². The molecule has 3 aliphatic heterocycles. The first-order valence-electron chi connectivity index (χ1n) is 12.9. The van der Waals surface area contributed by atoms with E-state index in [4.69, 9.17) is 0 Å². The molecule has 0 radical (unpaired) electrons. The Kier molecular flexibility index (Phi) is 6.25. The van der Waals surface area contributed by atoms with Crippen LogP contribution in [0.15, 0.2) is 23.1 Å². The van der Waals surface area contributed by atoms with Crippen LogP contribution in [-0.2, 0) is 26.0 Å². The topological polar surface area (TPSA) is 78.0 Å². The molecule has 186 valence electrons. The molecule has 2 saturated heterocycles. The van der Waals surface area contributed by atoms with Gasteiger partial charge in [0.05, 0.1) is 10.8 Å². The lowest BCUT2D eigenvalue weighted by Gasteiger charge is -2.39. The summed E-state index contributed by atoms with van der Waals surface area (Å²) < 4.78 is 28.6. The van der Waals surface area contributed by atoms with Crippen molar-refractivity contribution in [1.29, 1.82) is 0 Å². The summed E-state index contributed by atoms with van der Waals surface area (Å²) in [4.78, 5) is 30.1. The number of sulfonamides is 1. The maximum atomic E-state index is 13.6. The fourth-order valence-corrected chi connectivity index (χ4v) is 7.82. The van der Waals surface area contributed by atoms with Gasteiger partial charge in [-0.3, -0.25) is 9.59 Å². The number of amides is 2. The predicted molar refractivity (Wildman–Crippen MR) is 131 cm³/mol. The summed E-state index contributed by atoms with van der Waals surface area (Å²) in [6.45, 7) is 8.62. The molecule has 0 N–H and O–H groups in total. The average Bonchev–Trinajstić information content (AvgIpc) is 3.59. The Bertz CT molecular complexity index is 1070. The summed E-state index contributed by atoms with van der Waals surface area (Å²) in [5.74, 6) is 1.09. The summed E-state index contributed by atoms with van der Waals surface area (Å²) in [5.41, 5.74) is 1.77. The quantitative estimate of drug-likeness (QED) is 0.653. The Labute approximate surface area is 203 Å². The van der Waals surface area contributed by atoms with Crippen LogP contribution in [0, 0.1) is 23.7 Å². The number of hydrogen-bond acceptors (Lipinski definition) is 4. The molecular weight excluding hydrogens is 450 g/mol. The molecule has 1 aliphatic carbocycles. The Morgan fingerprint density at radius 1 is 0.912 bits per heavy atom. The lowest BCUT2D eigenvalue weighted by molar-refractivity contribution is -0.139. The van der Waals surface area contributed by atoms with Gasteiger partial charge in [0.25, 0.3) is 0 Å². The summed E-state index contributed by atoms with van der Waals surface area (Å²) in [6.07, 6.45) is 5.14. The second-order valence-electron chi connectivity index (χ2n) is 11.2. The number of anilines is 1. The minimum absolute atomic E-state index is 0.0485.